The molecule has 0 aromatic heterocycles. The molecule has 0 amide bonds. The van der Waals surface area contributed by atoms with Gasteiger partial charge in [-0.1, -0.05) is 44.2 Å². The monoisotopic (exact) mass is 256 g/mol. The predicted octanol–water partition coefficient (Wildman–Crippen LogP) is 4.12. The minimum atomic E-state index is 0.184. The van der Waals surface area contributed by atoms with Gasteiger partial charge in [-0.2, -0.15) is 0 Å². The fourth-order valence-corrected chi connectivity index (χ4v) is 2.31. The Labute approximate surface area is 114 Å². The molecule has 2 rings (SSSR count). The van der Waals surface area contributed by atoms with Crippen LogP contribution >= 0.6 is 0 Å². The minimum Gasteiger partial charge on any atom is -0.504 e. The summed E-state index contributed by atoms with van der Waals surface area (Å²) in [5, 5.41) is 9.62. The van der Waals surface area contributed by atoms with Crippen LogP contribution in [0.15, 0.2) is 42.5 Å². The quantitative estimate of drug-likeness (QED) is 0.891. The highest BCUT2D eigenvalue weighted by Gasteiger charge is 2.08. The first kappa shape index (κ1) is 13.5. The highest BCUT2D eigenvalue weighted by atomic mass is 16.5. The lowest BCUT2D eigenvalue weighted by Crippen LogP contribution is -1.97. The molecular formula is C17H20O2. The van der Waals surface area contributed by atoms with E-state index in [4.69, 9.17) is 4.74 Å². The lowest BCUT2D eigenvalue weighted by atomic mass is 9.93. The zero-order valence-electron chi connectivity index (χ0n) is 11.7. The second kappa shape index (κ2) is 5.79. The molecule has 0 atom stereocenters. The van der Waals surface area contributed by atoms with Crippen LogP contribution in [-0.4, -0.2) is 12.2 Å². The molecule has 0 unspecified atom stereocenters. The molecule has 100 valence electrons. The van der Waals surface area contributed by atoms with Gasteiger partial charge in [0.05, 0.1) is 7.11 Å². The number of rotatable bonds is 4. The third-order valence-corrected chi connectivity index (χ3v) is 3.32. The number of hydrogen-bond donors (Lipinski definition) is 1. The van der Waals surface area contributed by atoms with Gasteiger partial charge < -0.3 is 9.84 Å². The van der Waals surface area contributed by atoms with Crippen LogP contribution in [0.5, 0.6) is 11.5 Å². The number of methoxy groups -OCH3 is 1. The molecule has 19 heavy (non-hydrogen) atoms. The number of benzene rings is 2. The van der Waals surface area contributed by atoms with Crippen LogP contribution in [0.4, 0.5) is 0 Å². The van der Waals surface area contributed by atoms with Gasteiger partial charge in [-0.25, -0.2) is 0 Å². The second-order valence-electron chi connectivity index (χ2n) is 5.04. The molecule has 0 radical (unpaired) electrons. The van der Waals surface area contributed by atoms with Crippen molar-refractivity contribution in [3.63, 3.8) is 0 Å². The Hall–Kier alpha value is -1.96. The van der Waals surface area contributed by atoms with Crippen LogP contribution in [-0.2, 0) is 6.42 Å². The molecule has 0 aliphatic rings. The van der Waals surface area contributed by atoms with E-state index in [2.05, 4.69) is 38.1 Å². The topological polar surface area (TPSA) is 29.5 Å². The minimum absolute atomic E-state index is 0.184. The Bertz CT molecular complexity index is 559. The first-order valence-corrected chi connectivity index (χ1v) is 6.55. The Morgan fingerprint density at radius 2 is 1.84 bits per heavy atom. The van der Waals surface area contributed by atoms with Crippen LogP contribution in [0.1, 0.15) is 36.5 Å². The van der Waals surface area contributed by atoms with Crippen molar-refractivity contribution < 1.29 is 9.84 Å². The third-order valence-electron chi connectivity index (χ3n) is 3.32. The maximum atomic E-state index is 9.62. The Kier molecular flexibility index (Phi) is 4.10. The van der Waals surface area contributed by atoms with Gasteiger partial charge in [-0.05, 0) is 41.2 Å². The number of ether oxygens (including phenoxy) is 1. The van der Waals surface area contributed by atoms with Crippen LogP contribution in [0.25, 0.3) is 0 Å². The molecule has 0 saturated carbocycles. The average Bonchev–Trinajstić information content (AvgIpc) is 2.41. The van der Waals surface area contributed by atoms with Crippen molar-refractivity contribution in [2.45, 2.75) is 26.2 Å². The normalized spacial score (nSPS) is 10.7. The molecular weight excluding hydrogens is 236 g/mol. The number of aromatic hydroxyl groups is 1. The largest absolute Gasteiger partial charge is 0.504 e. The van der Waals surface area contributed by atoms with Gasteiger partial charge in [0, 0.05) is 0 Å². The summed E-state index contributed by atoms with van der Waals surface area (Å²) in [5.41, 5.74) is 3.84. The Balaban J connectivity index is 2.31. The molecule has 2 aromatic carbocycles. The van der Waals surface area contributed by atoms with Crippen molar-refractivity contribution in [3.8, 4) is 11.5 Å². The summed E-state index contributed by atoms with van der Waals surface area (Å²) < 4.78 is 5.15. The molecule has 2 nitrogen and oxygen atoms in total. The summed E-state index contributed by atoms with van der Waals surface area (Å²) >= 11 is 0. The standard InChI is InChI=1S/C17H20O2/c1-12(2)15-7-5-4-6-14(15)10-13-8-9-16(18)17(11-13)19-3/h4-9,11-12,18H,10H2,1-3H3. The molecule has 0 aliphatic carbocycles. The maximum absolute atomic E-state index is 9.62. The molecule has 0 bridgehead atoms. The third kappa shape index (κ3) is 3.08. The molecule has 0 heterocycles. The summed E-state index contributed by atoms with van der Waals surface area (Å²) in [6.07, 6.45) is 0.852. The van der Waals surface area contributed by atoms with Crippen LogP contribution < -0.4 is 4.74 Å². The zero-order valence-corrected chi connectivity index (χ0v) is 11.7. The van der Waals surface area contributed by atoms with Crippen molar-refractivity contribution >= 4 is 0 Å². The van der Waals surface area contributed by atoms with Crippen LogP contribution in [0.3, 0.4) is 0 Å². The summed E-state index contributed by atoms with van der Waals surface area (Å²) in [6, 6.07) is 14.0. The first-order valence-electron chi connectivity index (χ1n) is 6.55. The van der Waals surface area contributed by atoms with Crippen molar-refractivity contribution in [1.29, 1.82) is 0 Å². The molecule has 0 saturated heterocycles. The van der Waals surface area contributed by atoms with Gasteiger partial charge in [0.1, 0.15) is 0 Å². The van der Waals surface area contributed by atoms with E-state index in [1.807, 2.05) is 12.1 Å². The summed E-state index contributed by atoms with van der Waals surface area (Å²) in [7, 11) is 1.57. The fourth-order valence-electron chi connectivity index (χ4n) is 2.31. The van der Waals surface area contributed by atoms with Crippen molar-refractivity contribution in [2.24, 2.45) is 0 Å². The Morgan fingerprint density at radius 3 is 2.53 bits per heavy atom. The van der Waals surface area contributed by atoms with Gasteiger partial charge in [0.2, 0.25) is 0 Å². The number of hydrogen-bond acceptors (Lipinski definition) is 2. The van der Waals surface area contributed by atoms with E-state index in [0.29, 0.717) is 11.7 Å². The SMILES string of the molecule is COc1cc(Cc2ccccc2C(C)C)ccc1O. The molecule has 0 aliphatic heterocycles. The van der Waals surface area contributed by atoms with E-state index < -0.39 is 0 Å². The molecule has 0 fully saturated rings. The molecule has 0 spiro atoms. The molecule has 2 heteroatoms. The second-order valence-corrected chi connectivity index (χ2v) is 5.04. The van der Waals surface area contributed by atoms with Crippen molar-refractivity contribution in [3.05, 3.63) is 59.2 Å². The number of phenols is 1. The van der Waals surface area contributed by atoms with E-state index in [0.717, 1.165) is 12.0 Å². The number of phenolic OH excluding ortho intramolecular Hbond substituents is 1. The van der Waals surface area contributed by atoms with Gasteiger partial charge in [0.15, 0.2) is 11.5 Å². The van der Waals surface area contributed by atoms with Gasteiger partial charge >= 0.3 is 0 Å². The van der Waals surface area contributed by atoms with E-state index >= 15 is 0 Å². The smallest absolute Gasteiger partial charge is 0.160 e. The highest BCUT2D eigenvalue weighted by molar-refractivity contribution is 5.44. The van der Waals surface area contributed by atoms with E-state index in [1.165, 1.54) is 11.1 Å². The lowest BCUT2D eigenvalue weighted by molar-refractivity contribution is 0.373. The van der Waals surface area contributed by atoms with Gasteiger partial charge in [0.25, 0.3) is 0 Å². The van der Waals surface area contributed by atoms with Crippen molar-refractivity contribution in [2.75, 3.05) is 7.11 Å². The summed E-state index contributed by atoms with van der Waals surface area (Å²) in [4.78, 5) is 0. The zero-order chi connectivity index (χ0) is 13.8. The van der Waals surface area contributed by atoms with E-state index in [9.17, 15) is 5.11 Å². The van der Waals surface area contributed by atoms with Gasteiger partial charge in [-0.15, -0.1) is 0 Å². The highest BCUT2D eigenvalue weighted by Crippen LogP contribution is 2.28. The molecule has 2 aromatic rings. The van der Waals surface area contributed by atoms with Gasteiger partial charge in [-0.3, -0.25) is 0 Å². The van der Waals surface area contributed by atoms with Crippen LogP contribution in [0, 0.1) is 0 Å². The molecule has 1 N–H and O–H groups in total. The van der Waals surface area contributed by atoms with E-state index in [-0.39, 0.29) is 5.75 Å². The summed E-state index contributed by atoms with van der Waals surface area (Å²) in [5.74, 6) is 1.22. The maximum Gasteiger partial charge on any atom is 0.160 e. The van der Waals surface area contributed by atoms with E-state index in [1.54, 1.807) is 13.2 Å². The summed E-state index contributed by atoms with van der Waals surface area (Å²) in [6.45, 7) is 4.41. The average molecular weight is 256 g/mol. The van der Waals surface area contributed by atoms with Crippen LogP contribution in [0.2, 0.25) is 0 Å². The lowest BCUT2D eigenvalue weighted by Gasteiger charge is -2.13. The first-order chi connectivity index (χ1) is 9.11. The Morgan fingerprint density at radius 1 is 1.11 bits per heavy atom. The van der Waals surface area contributed by atoms with Crippen molar-refractivity contribution in [1.82, 2.24) is 0 Å². The predicted molar refractivity (Wildman–Crippen MR) is 78.0 cm³/mol. The fraction of sp³-hybridized carbons (Fsp3) is 0.294.